The van der Waals surface area contributed by atoms with E-state index in [1.165, 1.54) is 24.8 Å². The van der Waals surface area contributed by atoms with Gasteiger partial charge in [0.15, 0.2) is 0 Å². The molecule has 4 nitrogen and oxygen atoms in total. The number of amides is 1. The van der Waals surface area contributed by atoms with Gasteiger partial charge in [0.25, 0.3) is 0 Å². The zero-order chi connectivity index (χ0) is 13.8. The molecule has 4 heteroatoms. The van der Waals surface area contributed by atoms with Crippen LogP contribution in [0.2, 0.25) is 0 Å². The fourth-order valence-electron chi connectivity index (χ4n) is 2.86. The van der Waals surface area contributed by atoms with E-state index >= 15 is 0 Å². The minimum Gasteiger partial charge on any atom is -0.366 e. The Bertz CT molecular complexity index is 430. The van der Waals surface area contributed by atoms with Crippen LogP contribution in [0.25, 0.3) is 0 Å². The summed E-state index contributed by atoms with van der Waals surface area (Å²) in [5, 5.41) is 0. The predicted octanol–water partition coefficient (Wildman–Crippen LogP) is 1.49. The standard InChI is InChI=1S/C15H23N3O/c1-11-3-2-4-14(9-16)18(11)10-12-5-7-13(8-6-12)15(17)19/h5-8,11,14H,2-4,9-10,16H2,1H3,(H2,17,19). The van der Waals surface area contributed by atoms with Gasteiger partial charge in [-0.2, -0.15) is 0 Å². The van der Waals surface area contributed by atoms with E-state index in [2.05, 4.69) is 11.8 Å². The van der Waals surface area contributed by atoms with Crippen molar-refractivity contribution in [3.63, 3.8) is 0 Å². The van der Waals surface area contributed by atoms with E-state index in [4.69, 9.17) is 11.5 Å². The van der Waals surface area contributed by atoms with Gasteiger partial charge in [0.05, 0.1) is 0 Å². The number of nitrogens with two attached hydrogens (primary N) is 2. The quantitative estimate of drug-likeness (QED) is 0.862. The largest absolute Gasteiger partial charge is 0.366 e. The average Bonchev–Trinajstić information content (AvgIpc) is 2.41. The molecule has 104 valence electrons. The second kappa shape index (κ2) is 6.17. The van der Waals surface area contributed by atoms with Crippen LogP contribution in [0.1, 0.15) is 42.1 Å². The van der Waals surface area contributed by atoms with Gasteiger partial charge in [-0.3, -0.25) is 9.69 Å². The van der Waals surface area contributed by atoms with Gasteiger partial charge in [-0.05, 0) is 37.5 Å². The van der Waals surface area contributed by atoms with Crippen LogP contribution in [0.5, 0.6) is 0 Å². The summed E-state index contributed by atoms with van der Waals surface area (Å²) in [6, 6.07) is 8.59. The Morgan fingerprint density at radius 1 is 1.32 bits per heavy atom. The maximum atomic E-state index is 11.0. The van der Waals surface area contributed by atoms with Gasteiger partial charge in [-0.15, -0.1) is 0 Å². The molecule has 1 aromatic carbocycles. The Labute approximate surface area is 114 Å². The highest BCUT2D eigenvalue weighted by Gasteiger charge is 2.26. The summed E-state index contributed by atoms with van der Waals surface area (Å²) >= 11 is 0. The van der Waals surface area contributed by atoms with Crippen LogP contribution in [-0.2, 0) is 6.54 Å². The van der Waals surface area contributed by atoms with E-state index in [1.54, 1.807) is 12.1 Å². The third kappa shape index (κ3) is 3.33. The first kappa shape index (κ1) is 14.0. The van der Waals surface area contributed by atoms with Crippen molar-refractivity contribution in [1.82, 2.24) is 4.90 Å². The number of hydrogen-bond acceptors (Lipinski definition) is 3. The molecule has 0 bridgehead atoms. The Morgan fingerprint density at radius 3 is 2.58 bits per heavy atom. The van der Waals surface area contributed by atoms with Crippen molar-refractivity contribution in [2.45, 2.75) is 44.8 Å². The van der Waals surface area contributed by atoms with E-state index in [9.17, 15) is 4.79 Å². The molecule has 1 aliphatic heterocycles. The monoisotopic (exact) mass is 261 g/mol. The highest BCUT2D eigenvalue weighted by molar-refractivity contribution is 5.92. The molecule has 19 heavy (non-hydrogen) atoms. The highest BCUT2D eigenvalue weighted by atomic mass is 16.1. The first-order chi connectivity index (χ1) is 9.11. The molecule has 0 saturated carbocycles. The predicted molar refractivity (Wildman–Crippen MR) is 76.7 cm³/mol. The Balaban J connectivity index is 2.07. The molecule has 0 spiro atoms. The molecular formula is C15H23N3O. The lowest BCUT2D eigenvalue weighted by Gasteiger charge is -2.40. The fraction of sp³-hybridized carbons (Fsp3) is 0.533. The van der Waals surface area contributed by atoms with Crippen LogP contribution in [0.3, 0.4) is 0 Å². The van der Waals surface area contributed by atoms with E-state index in [0.29, 0.717) is 24.2 Å². The second-order valence-corrected chi connectivity index (χ2v) is 5.40. The van der Waals surface area contributed by atoms with Crippen LogP contribution in [0, 0.1) is 0 Å². The molecule has 1 saturated heterocycles. The Hall–Kier alpha value is -1.39. The molecular weight excluding hydrogens is 238 g/mol. The Kier molecular flexibility index (Phi) is 4.56. The lowest BCUT2D eigenvalue weighted by Crippen LogP contribution is -2.48. The molecule has 1 aromatic rings. The highest BCUT2D eigenvalue weighted by Crippen LogP contribution is 2.24. The maximum Gasteiger partial charge on any atom is 0.248 e. The zero-order valence-electron chi connectivity index (χ0n) is 11.5. The SMILES string of the molecule is CC1CCCC(CN)N1Cc1ccc(C(N)=O)cc1. The summed E-state index contributed by atoms with van der Waals surface area (Å²) in [5.41, 5.74) is 12.9. The molecule has 4 N–H and O–H groups in total. The molecule has 2 unspecified atom stereocenters. The van der Waals surface area contributed by atoms with E-state index < -0.39 is 0 Å². The zero-order valence-corrected chi connectivity index (χ0v) is 11.5. The summed E-state index contributed by atoms with van der Waals surface area (Å²) in [5.74, 6) is -0.377. The van der Waals surface area contributed by atoms with Crippen LogP contribution in [0.4, 0.5) is 0 Å². The van der Waals surface area contributed by atoms with E-state index in [0.717, 1.165) is 6.54 Å². The number of rotatable bonds is 4. The molecule has 2 atom stereocenters. The summed E-state index contributed by atoms with van der Waals surface area (Å²) in [6.45, 7) is 3.87. The number of carbonyl (C=O) groups excluding carboxylic acids is 1. The van der Waals surface area contributed by atoms with Crippen molar-refractivity contribution in [3.8, 4) is 0 Å². The van der Waals surface area contributed by atoms with Gasteiger partial charge in [0, 0.05) is 30.7 Å². The lowest BCUT2D eigenvalue weighted by atomic mass is 9.95. The van der Waals surface area contributed by atoms with Gasteiger partial charge < -0.3 is 11.5 Å². The first-order valence-electron chi connectivity index (χ1n) is 6.96. The summed E-state index contributed by atoms with van der Waals surface area (Å²) in [4.78, 5) is 13.5. The molecule has 1 fully saturated rings. The average molecular weight is 261 g/mol. The third-order valence-corrected chi connectivity index (χ3v) is 4.07. The normalized spacial score (nSPS) is 24.3. The van der Waals surface area contributed by atoms with Crippen LogP contribution < -0.4 is 11.5 Å². The molecule has 2 rings (SSSR count). The summed E-state index contributed by atoms with van der Waals surface area (Å²) < 4.78 is 0. The molecule has 0 aromatic heterocycles. The van der Waals surface area contributed by atoms with Crippen molar-refractivity contribution in [2.75, 3.05) is 6.54 Å². The first-order valence-corrected chi connectivity index (χ1v) is 6.96. The van der Waals surface area contributed by atoms with E-state index in [-0.39, 0.29) is 5.91 Å². The second-order valence-electron chi connectivity index (χ2n) is 5.40. The van der Waals surface area contributed by atoms with Crippen molar-refractivity contribution < 1.29 is 4.79 Å². The topological polar surface area (TPSA) is 72.3 Å². The van der Waals surface area contributed by atoms with E-state index in [1.807, 2.05) is 12.1 Å². The van der Waals surface area contributed by atoms with Gasteiger partial charge in [-0.1, -0.05) is 18.6 Å². The molecule has 1 aliphatic rings. The fourth-order valence-corrected chi connectivity index (χ4v) is 2.86. The number of primary amides is 1. The van der Waals surface area contributed by atoms with Crippen molar-refractivity contribution >= 4 is 5.91 Å². The summed E-state index contributed by atoms with van der Waals surface area (Å²) in [6.07, 6.45) is 3.68. The molecule has 0 radical (unpaired) electrons. The smallest absolute Gasteiger partial charge is 0.248 e. The number of benzene rings is 1. The number of likely N-dealkylation sites (tertiary alicyclic amines) is 1. The van der Waals surface area contributed by atoms with Crippen molar-refractivity contribution in [3.05, 3.63) is 35.4 Å². The maximum absolute atomic E-state index is 11.0. The number of nitrogens with zero attached hydrogens (tertiary/aromatic N) is 1. The van der Waals surface area contributed by atoms with Crippen molar-refractivity contribution in [1.29, 1.82) is 0 Å². The summed E-state index contributed by atoms with van der Waals surface area (Å²) in [7, 11) is 0. The van der Waals surface area contributed by atoms with Gasteiger partial charge in [-0.25, -0.2) is 0 Å². The Morgan fingerprint density at radius 2 is 2.00 bits per heavy atom. The van der Waals surface area contributed by atoms with Gasteiger partial charge in [0.1, 0.15) is 0 Å². The van der Waals surface area contributed by atoms with Gasteiger partial charge >= 0.3 is 0 Å². The lowest BCUT2D eigenvalue weighted by molar-refractivity contribution is 0.0892. The minimum absolute atomic E-state index is 0.377. The van der Waals surface area contributed by atoms with Crippen LogP contribution in [-0.4, -0.2) is 29.4 Å². The third-order valence-electron chi connectivity index (χ3n) is 4.07. The molecule has 1 amide bonds. The van der Waals surface area contributed by atoms with Crippen LogP contribution in [0.15, 0.2) is 24.3 Å². The molecule has 0 aliphatic carbocycles. The number of piperidine rings is 1. The van der Waals surface area contributed by atoms with Gasteiger partial charge in [0.2, 0.25) is 5.91 Å². The molecule has 1 heterocycles. The number of hydrogen-bond donors (Lipinski definition) is 2. The van der Waals surface area contributed by atoms with Crippen LogP contribution >= 0.6 is 0 Å². The van der Waals surface area contributed by atoms with Crippen molar-refractivity contribution in [2.24, 2.45) is 11.5 Å². The minimum atomic E-state index is -0.377. The number of carbonyl (C=O) groups is 1.